The number of aromatic nitrogens is 1. The van der Waals surface area contributed by atoms with Gasteiger partial charge in [-0.1, -0.05) is 19.3 Å². The smallest absolute Gasteiger partial charge is 0.0960 e. The predicted molar refractivity (Wildman–Crippen MR) is 70.0 cm³/mol. The second-order valence-corrected chi connectivity index (χ2v) is 6.17. The summed E-state index contributed by atoms with van der Waals surface area (Å²) in [4.78, 5) is 4.83. The van der Waals surface area contributed by atoms with E-state index in [9.17, 15) is 0 Å². The Bertz CT molecular complexity index is 337. The predicted octanol–water partition coefficient (Wildman–Crippen LogP) is 3.65. The fraction of sp³-hybridized carbons (Fsp3) is 0.769. The molecule has 3 heteroatoms. The van der Waals surface area contributed by atoms with Crippen molar-refractivity contribution in [2.75, 3.05) is 7.05 Å². The maximum absolute atomic E-state index is 4.83. The summed E-state index contributed by atoms with van der Waals surface area (Å²) in [6, 6.07) is 0. The minimum Gasteiger partial charge on any atom is -0.310 e. The van der Waals surface area contributed by atoms with E-state index in [0.717, 1.165) is 5.92 Å². The standard InChI is InChI=1S/C13H22N2S/c1-13(2,14-3)11-9-16-12(15-11)10-7-5-4-6-8-10/h9-10,14H,4-8H2,1-3H3. The van der Waals surface area contributed by atoms with Gasteiger partial charge in [-0.3, -0.25) is 0 Å². The third-order valence-electron chi connectivity index (χ3n) is 3.74. The number of nitrogens with zero attached hydrogens (tertiary/aromatic N) is 1. The van der Waals surface area contributed by atoms with Gasteiger partial charge in [-0.15, -0.1) is 11.3 Å². The van der Waals surface area contributed by atoms with Crippen molar-refractivity contribution < 1.29 is 0 Å². The normalized spacial score (nSPS) is 18.9. The van der Waals surface area contributed by atoms with Crippen molar-refractivity contribution in [3.8, 4) is 0 Å². The van der Waals surface area contributed by atoms with E-state index in [-0.39, 0.29) is 5.54 Å². The summed E-state index contributed by atoms with van der Waals surface area (Å²) in [7, 11) is 2.00. The van der Waals surface area contributed by atoms with Gasteiger partial charge in [-0.25, -0.2) is 4.98 Å². The Hall–Kier alpha value is -0.410. The highest BCUT2D eigenvalue weighted by atomic mass is 32.1. The first-order chi connectivity index (χ1) is 7.63. The molecule has 0 saturated heterocycles. The van der Waals surface area contributed by atoms with E-state index in [1.54, 1.807) is 0 Å². The van der Waals surface area contributed by atoms with Crippen LogP contribution in [0, 0.1) is 0 Å². The molecule has 2 nitrogen and oxygen atoms in total. The fourth-order valence-corrected chi connectivity index (χ4v) is 3.40. The number of rotatable bonds is 3. The zero-order valence-electron chi connectivity index (χ0n) is 10.5. The van der Waals surface area contributed by atoms with Crippen LogP contribution in [0.15, 0.2) is 5.38 Å². The molecular formula is C13H22N2S. The van der Waals surface area contributed by atoms with Crippen LogP contribution in [0.2, 0.25) is 0 Å². The van der Waals surface area contributed by atoms with Gasteiger partial charge >= 0.3 is 0 Å². The summed E-state index contributed by atoms with van der Waals surface area (Å²) >= 11 is 1.85. The Kier molecular flexibility index (Phi) is 3.65. The highest BCUT2D eigenvalue weighted by molar-refractivity contribution is 7.09. The molecule has 0 amide bonds. The summed E-state index contributed by atoms with van der Waals surface area (Å²) in [6.07, 6.45) is 6.86. The molecule has 0 aliphatic heterocycles. The lowest BCUT2D eigenvalue weighted by Gasteiger charge is -2.22. The average Bonchev–Trinajstić information content (AvgIpc) is 2.80. The summed E-state index contributed by atoms with van der Waals surface area (Å²) in [5.74, 6) is 0.736. The number of hydrogen-bond acceptors (Lipinski definition) is 3. The third kappa shape index (κ3) is 2.46. The van der Waals surface area contributed by atoms with Crippen molar-refractivity contribution in [3.05, 3.63) is 16.1 Å². The van der Waals surface area contributed by atoms with E-state index in [1.807, 2.05) is 18.4 Å². The molecule has 0 aromatic carbocycles. The maximum Gasteiger partial charge on any atom is 0.0960 e. The maximum atomic E-state index is 4.83. The Labute approximate surface area is 102 Å². The highest BCUT2D eigenvalue weighted by Gasteiger charge is 2.24. The van der Waals surface area contributed by atoms with Gasteiger partial charge < -0.3 is 5.32 Å². The molecule has 0 atom stereocenters. The van der Waals surface area contributed by atoms with E-state index in [1.165, 1.54) is 42.8 Å². The zero-order valence-corrected chi connectivity index (χ0v) is 11.4. The van der Waals surface area contributed by atoms with Gasteiger partial charge in [0.15, 0.2) is 0 Å². The van der Waals surface area contributed by atoms with E-state index in [2.05, 4.69) is 24.5 Å². The molecule has 1 heterocycles. The molecule has 1 aromatic heterocycles. The molecule has 0 unspecified atom stereocenters. The van der Waals surface area contributed by atoms with Crippen molar-refractivity contribution in [1.82, 2.24) is 10.3 Å². The average molecular weight is 238 g/mol. The SMILES string of the molecule is CNC(C)(C)c1csc(C2CCCCC2)n1. The summed E-state index contributed by atoms with van der Waals surface area (Å²) in [5.41, 5.74) is 1.20. The van der Waals surface area contributed by atoms with Gasteiger partial charge in [0.05, 0.1) is 16.2 Å². The van der Waals surface area contributed by atoms with Gasteiger partial charge in [0.1, 0.15) is 0 Å². The summed E-state index contributed by atoms with van der Waals surface area (Å²) in [5, 5.41) is 6.90. The van der Waals surface area contributed by atoms with Crippen molar-refractivity contribution in [2.24, 2.45) is 0 Å². The lowest BCUT2D eigenvalue weighted by molar-refractivity contribution is 0.421. The third-order valence-corrected chi connectivity index (χ3v) is 4.75. The van der Waals surface area contributed by atoms with Crippen LogP contribution >= 0.6 is 11.3 Å². The molecule has 1 aliphatic rings. The number of nitrogens with one attached hydrogen (secondary N) is 1. The molecule has 2 rings (SSSR count). The molecule has 1 aliphatic carbocycles. The molecule has 1 fully saturated rings. The largest absolute Gasteiger partial charge is 0.310 e. The van der Waals surface area contributed by atoms with Crippen LogP contribution < -0.4 is 5.32 Å². The molecule has 1 aromatic rings. The molecule has 0 radical (unpaired) electrons. The van der Waals surface area contributed by atoms with Crippen molar-refractivity contribution >= 4 is 11.3 Å². The van der Waals surface area contributed by atoms with Gasteiger partial charge in [-0.2, -0.15) is 0 Å². The second kappa shape index (κ2) is 4.84. The van der Waals surface area contributed by atoms with Crippen molar-refractivity contribution in [3.63, 3.8) is 0 Å². The van der Waals surface area contributed by atoms with Crippen LogP contribution in [0.5, 0.6) is 0 Å². The number of hydrogen-bond donors (Lipinski definition) is 1. The van der Waals surface area contributed by atoms with Crippen LogP contribution in [0.1, 0.15) is 62.6 Å². The Morgan fingerprint density at radius 3 is 2.62 bits per heavy atom. The first kappa shape index (κ1) is 12.1. The topological polar surface area (TPSA) is 24.9 Å². The number of thiazole rings is 1. The van der Waals surface area contributed by atoms with Crippen LogP contribution in [0.3, 0.4) is 0 Å². The lowest BCUT2D eigenvalue weighted by atomic mass is 9.90. The monoisotopic (exact) mass is 238 g/mol. The summed E-state index contributed by atoms with van der Waals surface area (Å²) in [6.45, 7) is 4.37. The van der Waals surface area contributed by atoms with Gasteiger partial charge in [0, 0.05) is 11.3 Å². The van der Waals surface area contributed by atoms with E-state index in [4.69, 9.17) is 4.98 Å². The lowest BCUT2D eigenvalue weighted by Crippen LogP contribution is -2.33. The van der Waals surface area contributed by atoms with Gasteiger partial charge in [-0.05, 0) is 33.7 Å². The molecule has 0 bridgehead atoms. The van der Waals surface area contributed by atoms with E-state index >= 15 is 0 Å². The summed E-state index contributed by atoms with van der Waals surface area (Å²) < 4.78 is 0. The quantitative estimate of drug-likeness (QED) is 0.869. The Balaban J connectivity index is 2.12. The van der Waals surface area contributed by atoms with E-state index in [0.29, 0.717) is 0 Å². The Morgan fingerprint density at radius 2 is 2.00 bits per heavy atom. The minimum absolute atomic E-state index is 0.00339. The minimum atomic E-state index is 0.00339. The Morgan fingerprint density at radius 1 is 1.31 bits per heavy atom. The first-order valence-corrected chi connectivity index (χ1v) is 7.16. The van der Waals surface area contributed by atoms with Crippen molar-refractivity contribution in [1.29, 1.82) is 0 Å². The highest BCUT2D eigenvalue weighted by Crippen LogP contribution is 2.35. The zero-order chi connectivity index (χ0) is 11.6. The first-order valence-electron chi connectivity index (χ1n) is 6.28. The van der Waals surface area contributed by atoms with Crippen LogP contribution in [0.25, 0.3) is 0 Å². The van der Waals surface area contributed by atoms with Crippen LogP contribution in [0.4, 0.5) is 0 Å². The van der Waals surface area contributed by atoms with Gasteiger partial charge in [0.25, 0.3) is 0 Å². The molecule has 90 valence electrons. The molecule has 0 spiro atoms. The second-order valence-electron chi connectivity index (χ2n) is 5.28. The fourth-order valence-electron chi connectivity index (χ4n) is 2.24. The molecular weight excluding hydrogens is 216 g/mol. The molecule has 1 saturated carbocycles. The molecule has 1 N–H and O–H groups in total. The van der Waals surface area contributed by atoms with Gasteiger partial charge in [0.2, 0.25) is 0 Å². The van der Waals surface area contributed by atoms with Crippen LogP contribution in [-0.4, -0.2) is 12.0 Å². The van der Waals surface area contributed by atoms with E-state index < -0.39 is 0 Å². The van der Waals surface area contributed by atoms with Crippen molar-refractivity contribution in [2.45, 2.75) is 57.4 Å². The van der Waals surface area contributed by atoms with Crippen LogP contribution in [-0.2, 0) is 5.54 Å². The molecule has 16 heavy (non-hydrogen) atoms.